The molecule has 0 aromatic carbocycles. The zero-order valence-corrected chi connectivity index (χ0v) is 6.21. The van der Waals surface area contributed by atoms with Crippen LogP contribution in [-0.2, 0) is 4.79 Å². The Kier molecular flexibility index (Phi) is 2.27. The van der Waals surface area contributed by atoms with E-state index in [2.05, 4.69) is 4.90 Å². The molecule has 0 saturated carbocycles. The number of likely N-dealkylation sites (N-methyl/N-ethyl adjacent to an activating group) is 1. The number of hydrogen-bond acceptors (Lipinski definition) is 2. The highest BCUT2D eigenvalue weighted by Crippen LogP contribution is 2.14. The zero-order valence-electron chi connectivity index (χ0n) is 6.21. The minimum absolute atomic E-state index is 0.106. The molecule has 10 heavy (non-hydrogen) atoms. The summed E-state index contributed by atoms with van der Waals surface area (Å²) in [5, 5.41) is 0. The van der Waals surface area contributed by atoms with Gasteiger partial charge in [0, 0.05) is 0 Å². The summed E-state index contributed by atoms with van der Waals surface area (Å²) in [4.78, 5) is 12.8. The molecule has 0 aromatic rings. The van der Waals surface area contributed by atoms with E-state index in [9.17, 15) is 4.79 Å². The van der Waals surface area contributed by atoms with Gasteiger partial charge in [-0.25, -0.2) is 0 Å². The Morgan fingerprint density at radius 1 is 1.90 bits per heavy atom. The number of nitrogens with zero attached hydrogens (tertiary/aromatic N) is 1. The topological polar surface area (TPSA) is 46.3 Å². The number of hydrogen-bond donors (Lipinski definition) is 1. The van der Waals surface area contributed by atoms with E-state index in [-0.39, 0.29) is 11.9 Å². The van der Waals surface area contributed by atoms with Crippen molar-refractivity contribution in [3.8, 4) is 0 Å². The van der Waals surface area contributed by atoms with Gasteiger partial charge in [0.2, 0.25) is 5.91 Å². The first-order valence-electron chi connectivity index (χ1n) is 3.62. The molecule has 0 aromatic heterocycles. The van der Waals surface area contributed by atoms with Crippen LogP contribution in [0.4, 0.5) is 0 Å². The van der Waals surface area contributed by atoms with Crippen molar-refractivity contribution >= 4 is 5.91 Å². The summed E-state index contributed by atoms with van der Waals surface area (Å²) in [5.74, 6) is -0.223. The summed E-state index contributed by atoms with van der Waals surface area (Å²) in [5.41, 5.74) is 5.15. The first kappa shape index (κ1) is 7.54. The molecule has 3 nitrogen and oxygen atoms in total. The Bertz CT molecular complexity index is 136. The van der Waals surface area contributed by atoms with Gasteiger partial charge in [0.25, 0.3) is 0 Å². The van der Waals surface area contributed by atoms with Crippen LogP contribution in [0.1, 0.15) is 13.3 Å². The molecule has 0 bridgehead atoms. The van der Waals surface area contributed by atoms with Crippen LogP contribution in [0.15, 0.2) is 0 Å². The number of carbonyl (C=O) groups excluding carboxylic acids is 1. The number of rotatable bonds is 2. The van der Waals surface area contributed by atoms with Crippen molar-refractivity contribution in [1.29, 1.82) is 0 Å². The molecule has 1 aliphatic rings. The molecule has 0 aliphatic carbocycles. The maximum atomic E-state index is 10.7. The van der Waals surface area contributed by atoms with Crippen molar-refractivity contribution in [2.75, 3.05) is 13.1 Å². The van der Waals surface area contributed by atoms with Crippen LogP contribution in [0.2, 0.25) is 0 Å². The molecule has 0 spiro atoms. The fourth-order valence-corrected chi connectivity index (χ4v) is 1.34. The van der Waals surface area contributed by atoms with Crippen LogP contribution in [0.25, 0.3) is 0 Å². The van der Waals surface area contributed by atoms with Gasteiger partial charge in [0.05, 0.1) is 6.04 Å². The van der Waals surface area contributed by atoms with Crippen molar-refractivity contribution in [1.82, 2.24) is 4.90 Å². The van der Waals surface area contributed by atoms with Gasteiger partial charge in [-0.1, -0.05) is 6.92 Å². The van der Waals surface area contributed by atoms with Crippen molar-refractivity contribution < 1.29 is 4.79 Å². The Labute approximate surface area is 61.2 Å². The van der Waals surface area contributed by atoms with Crippen LogP contribution in [0, 0.1) is 6.42 Å². The molecule has 1 atom stereocenters. The Balaban J connectivity index is 2.50. The minimum Gasteiger partial charge on any atom is -0.368 e. The van der Waals surface area contributed by atoms with Crippen LogP contribution in [0.5, 0.6) is 0 Å². The predicted octanol–water partition coefficient (Wildman–Crippen LogP) is -0.230. The summed E-state index contributed by atoms with van der Waals surface area (Å²) >= 11 is 0. The van der Waals surface area contributed by atoms with Crippen molar-refractivity contribution in [3.63, 3.8) is 0 Å². The third-order valence-electron chi connectivity index (χ3n) is 1.90. The maximum absolute atomic E-state index is 10.7. The average Bonchev–Trinajstić information content (AvgIpc) is 2.33. The summed E-state index contributed by atoms with van der Waals surface area (Å²) in [7, 11) is 0. The van der Waals surface area contributed by atoms with E-state index in [1.165, 1.54) is 0 Å². The second kappa shape index (κ2) is 3.01. The lowest BCUT2D eigenvalue weighted by atomic mass is 10.2. The molecule has 1 aliphatic heterocycles. The lowest BCUT2D eigenvalue weighted by Gasteiger charge is -2.18. The van der Waals surface area contributed by atoms with Gasteiger partial charge in [-0.05, 0) is 25.9 Å². The summed E-state index contributed by atoms with van der Waals surface area (Å²) < 4.78 is 0. The number of carbonyl (C=O) groups is 1. The molecule has 1 rings (SSSR count). The molecule has 3 heteroatoms. The van der Waals surface area contributed by atoms with Crippen molar-refractivity contribution in [2.24, 2.45) is 5.73 Å². The van der Waals surface area contributed by atoms with Gasteiger partial charge in [-0.3, -0.25) is 9.69 Å². The molecular formula is C7H13N2O. The standard InChI is InChI=1S/C7H13N2O/c1-2-9-5-3-4-6(9)7(8)10/h4,6H,2-3,5H2,1H3,(H2,8,10)/t6-/m1/s1. The number of nitrogens with two attached hydrogens (primary N) is 1. The number of amides is 1. The lowest BCUT2D eigenvalue weighted by Crippen LogP contribution is -2.40. The van der Waals surface area contributed by atoms with E-state index >= 15 is 0 Å². The fraction of sp³-hybridized carbons (Fsp3) is 0.714. The zero-order chi connectivity index (χ0) is 7.56. The molecule has 57 valence electrons. The van der Waals surface area contributed by atoms with Gasteiger partial charge in [-0.15, -0.1) is 0 Å². The SMILES string of the molecule is CCN1CC[CH][C@@H]1C(N)=O. The van der Waals surface area contributed by atoms with E-state index < -0.39 is 0 Å². The quantitative estimate of drug-likeness (QED) is 0.577. The molecule has 1 saturated heterocycles. The molecule has 1 heterocycles. The maximum Gasteiger partial charge on any atom is 0.235 e. The molecule has 1 fully saturated rings. The van der Waals surface area contributed by atoms with Crippen LogP contribution in [0.3, 0.4) is 0 Å². The normalized spacial score (nSPS) is 27.1. The van der Waals surface area contributed by atoms with Crippen LogP contribution < -0.4 is 5.73 Å². The van der Waals surface area contributed by atoms with E-state index in [0.29, 0.717) is 0 Å². The second-order valence-corrected chi connectivity index (χ2v) is 2.50. The van der Waals surface area contributed by atoms with E-state index in [4.69, 9.17) is 5.73 Å². The molecule has 1 radical (unpaired) electrons. The van der Waals surface area contributed by atoms with Gasteiger partial charge in [-0.2, -0.15) is 0 Å². The second-order valence-electron chi connectivity index (χ2n) is 2.50. The highest BCUT2D eigenvalue weighted by molar-refractivity contribution is 5.81. The molecule has 1 amide bonds. The number of primary amides is 1. The van der Waals surface area contributed by atoms with Gasteiger partial charge in [0.15, 0.2) is 0 Å². The third kappa shape index (κ3) is 1.29. The number of likely N-dealkylation sites (tertiary alicyclic amines) is 1. The molecule has 0 unspecified atom stereocenters. The van der Waals surface area contributed by atoms with E-state index in [1.807, 2.05) is 13.3 Å². The first-order chi connectivity index (χ1) is 4.75. The van der Waals surface area contributed by atoms with Gasteiger partial charge in [0.1, 0.15) is 0 Å². The fourth-order valence-electron chi connectivity index (χ4n) is 1.34. The molecule has 2 N–H and O–H groups in total. The summed E-state index contributed by atoms with van der Waals surface area (Å²) in [6.07, 6.45) is 2.97. The van der Waals surface area contributed by atoms with E-state index in [0.717, 1.165) is 19.5 Å². The third-order valence-corrected chi connectivity index (χ3v) is 1.90. The van der Waals surface area contributed by atoms with Crippen molar-refractivity contribution in [3.05, 3.63) is 6.42 Å². The van der Waals surface area contributed by atoms with Gasteiger partial charge < -0.3 is 5.73 Å². The predicted molar refractivity (Wildman–Crippen MR) is 39.1 cm³/mol. The highest BCUT2D eigenvalue weighted by Gasteiger charge is 2.27. The average molecular weight is 141 g/mol. The van der Waals surface area contributed by atoms with Crippen LogP contribution in [-0.4, -0.2) is 29.9 Å². The highest BCUT2D eigenvalue weighted by atomic mass is 16.1. The Hall–Kier alpha value is -0.570. The minimum atomic E-state index is -0.223. The largest absolute Gasteiger partial charge is 0.368 e. The first-order valence-corrected chi connectivity index (χ1v) is 3.62. The summed E-state index contributed by atoms with van der Waals surface area (Å²) in [6, 6.07) is -0.106. The smallest absolute Gasteiger partial charge is 0.235 e. The lowest BCUT2D eigenvalue weighted by molar-refractivity contribution is -0.121. The Morgan fingerprint density at radius 3 is 3.00 bits per heavy atom. The summed E-state index contributed by atoms with van der Waals surface area (Å²) in [6.45, 7) is 3.92. The Morgan fingerprint density at radius 2 is 2.60 bits per heavy atom. The van der Waals surface area contributed by atoms with Gasteiger partial charge >= 0.3 is 0 Å². The van der Waals surface area contributed by atoms with Crippen LogP contribution >= 0.6 is 0 Å². The van der Waals surface area contributed by atoms with Crippen molar-refractivity contribution in [2.45, 2.75) is 19.4 Å². The molecular weight excluding hydrogens is 128 g/mol. The monoisotopic (exact) mass is 141 g/mol. The van der Waals surface area contributed by atoms with E-state index in [1.54, 1.807) is 0 Å².